The van der Waals surface area contributed by atoms with E-state index in [2.05, 4.69) is 15.5 Å². The maximum Gasteiger partial charge on any atom is 0.251 e. The van der Waals surface area contributed by atoms with Gasteiger partial charge in [0.05, 0.1) is 24.2 Å². The first-order chi connectivity index (χ1) is 12.6. The van der Waals surface area contributed by atoms with Gasteiger partial charge in [0.25, 0.3) is 5.91 Å². The summed E-state index contributed by atoms with van der Waals surface area (Å²) < 4.78 is 20.6. The zero-order valence-electron chi connectivity index (χ0n) is 14.9. The summed E-state index contributed by atoms with van der Waals surface area (Å²) in [5.74, 6) is 0.736. The van der Waals surface area contributed by atoms with Gasteiger partial charge in [-0.25, -0.2) is 9.37 Å². The standard InChI is InChI=1S/C18H24FN5O2/c1-23-16-3-2-12(17(25)21-11-14-9-13(19)10-20-14)8-15(16)22-18(23)24-4-6-26-7-5-24/h2-3,8,13-14,20H,4-7,9-11H2,1H3,(H,21,25)/t13-,14-/m0/s1. The number of aromatic nitrogens is 2. The topological polar surface area (TPSA) is 71.4 Å². The molecule has 0 unspecified atom stereocenters. The number of halogens is 1. The lowest BCUT2D eigenvalue weighted by atomic mass is 10.1. The minimum absolute atomic E-state index is 0.000421. The molecule has 4 rings (SSSR count). The number of rotatable bonds is 4. The maximum absolute atomic E-state index is 13.2. The number of amides is 1. The van der Waals surface area contributed by atoms with Crippen LogP contribution in [-0.2, 0) is 11.8 Å². The van der Waals surface area contributed by atoms with Crippen molar-refractivity contribution in [1.29, 1.82) is 0 Å². The Morgan fingerprint density at radius 1 is 1.42 bits per heavy atom. The summed E-state index contributed by atoms with van der Waals surface area (Å²) in [6, 6.07) is 5.55. The quantitative estimate of drug-likeness (QED) is 0.845. The molecule has 8 heteroatoms. The molecule has 2 saturated heterocycles. The monoisotopic (exact) mass is 361 g/mol. The fourth-order valence-corrected chi connectivity index (χ4v) is 3.62. The molecule has 2 aliphatic rings. The number of nitrogens with one attached hydrogen (secondary N) is 2. The fraction of sp³-hybridized carbons (Fsp3) is 0.556. The highest BCUT2D eigenvalue weighted by Gasteiger charge is 2.24. The second-order valence-corrected chi connectivity index (χ2v) is 6.92. The lowest BCUT2D eigenvalue weighted by Gasteiger charge is -2.27. The van der Waals surface area contributed by atoms with Crippen molar-refractivity contribution < 1.29 is 13.9 Å². The van der Waals surface area contributed by atoms with Gasteiger partial charge in [-0.15, -0.1) is 0 Å². The van der Waals surface area contributed by atoms with Crippen molar-refractivity contribution in [3.8, 4) is 0 Å². The largest absolute Gasteiger partial charge is 0.378 e. The van der Waals surface area contributed by atoms with Crippen molar-refractivity contribution in [2.75, 3.05) is 44.3 Å². The summed E-state index contributed by atoms with van der Waals surface area (Å²) in [6.07, 6.45) is -0.372. The number of benzene rings is 1. The summed E-state index contributed by atoms with van der Waals surface area (Å²) >= 11 is 0. The molecule has 0 spiro atoms. The van der Waals surface area contributed by atoms with Crippen molar-refractivity contribution in [3.63, 3.8) is 0 Å². The highest BCUT2D eigenvalue weighted by molar-refractivity contribution is 5.97. The second kappa shape index (κ2) is 7.20. The first-order valence-corrected chi connectivity index (χ1v) is 9.06. The summed E-state index contributed by atoms with van der Waals surface area (Å²) in [5.41, 5.74) is 2.35. The third-order valence-electron chi connectivity index (χ3n) is 5.09. The number of fused-ring (bicyclic) bond motifs is 1. The molecule has 2 aliphatic heterocycles. The fourth-order valence-electron chi connectivity index (χ4n) is 3.62. The molecule has 140 valence electrons. The number of aryl methyl sites for hydroxylation is 1. The van der Waals surface area contributed by atoms with Crippen LogP contribution in [0, 0.1) is 0 Å². The first-order valence-electron chi connectivity index (χ1n) is 9.06. The van der Waals surface area contributed by atoms with E-state index < -0.39 is 6.17 Å². The number of hydrogen-bond donors (Lipinski definition) is 2. The molecule has 0 radical (unpaired) electrons. The van der Waals surface area contributed by atoms with Gasteiger partial charge in [-0.3, -0.25) is 4.79 Å². The molecule has 2 atom stereocenters. The molecule has 2 aromatic rings. The normalized spacial score (nSPS) is 23.5. The van der Waals surface area contributed by atoms with Crippen LogP contribution in [0.2, 0.25) is 0 Å². The summed E-state index contributed by atoms with van der Waals surface area (Å²) in [7, 11) is 1.99. The van der Waals surface area contributed by atoms with Crippen molar-refractivity contribution in [3.05, 3.63) is 23.8 Å². The Kier molecular flexibility index (Phi) is 4.78. The van der Waals surface area contributed by atoms with E-state index in [-0.39, 0.29) is 11.9 Å². The smallest absolute Gasteiger partial charge is 0.251 e. The molecule has 2 fully saturated rings. The lowest BCUT2D eigenvalue weighted by Crippen LogP contribution is -2.37. The molecule has 26 heavy (non-hydrogen) atoms. The minimum Gasteiger partial charge on any atom is -0.378 e. The number of alkyl halides is 1. The Hall–Kier alpha value is -2.19. The molecule has 1 aromatic heterocycles. The molecular weight excluding hydrogens is 337 g/mol. The predicted molar refractivity (Wildman–Crippen MR) is 97.4 cm³/mol. The molecule has 0 saturated carbocycles. The van der Waals surface area contributed by atoms with Gasteiger partial charge >= 0.3 is 0 Å². The summed E-state index contributed by atoms with van der Waals surface area (Å²) in [4.78, 5) is 19.3. The Labute approximate surface area is 151 Å². The van der Waals surface area contributed by atoms with Crippen LogP contribution in [0.4, 0.5) is 10.3 Å². The second-order valence-electron chi connectivity index (χ2n) is 6.92. The number of anilines is 1. The van der Waals surface area contributed by atoms with Gasteiger partial charge in [0, 0.05) is 44.8 Å². The molecular formula is C18H24FN5O2. The van der Waals surface area contributed by atoms with E-state index in [4.69, 9.17) is 9.72 Å². The molecule has 1 aromatic carbocycles. The van der Waals surface area contributed by atoms with E-state index in [0.29, 0.717) is 38.3 Å². The van der Waals surface area contributed by atoms with E-state index >= 15 is 0 Å². The van der Waals surface area contributed by atoms with Crippen LogP contribution < -0.4 is 15.5 Å². The molecule has 0 aliphatic carbocycles. The Balaban J connectivity index is 1.48. The van der Waals surface area contributed by atoms with Crippen molar-refractivity contribution in [2.45, 2.75) is 18.6 Å². The molecule has 3 heterocycles. The molecule has 1 amide bonds. The van der Waals surface area contributed by atoms with Crippen LogP contribution in [0.5, 0.6) is 0 Å². The zero-order valence-corrected chi connectivity index (χ0v) is 14.9. The third-order valence-corrected chi connectivity index (χ3v) is 5.09. The van der Waals surface area contributed by atoms with Crippen LogP contribution in [0.1, 0.15) is 16.8 Å². The van der Waals surface area contributed by atoms with E-state index in [1.807, 2.05) is 29.8 Å². The average molecular weight is 361 g/mol. The number of imidazole rings is 1. The first kappa shape index (κ1) is 17.2. The van der Waals surface area contributed by atoms with E-state index in [9.17, 15) is 9.18 Å². The zero-order chi connectivity index (χ0) is 18.1. The third kappa shape index (κ3) is 3.39. The van der Waals surface area contributed by atoms with E-state index in [1.165, 1.54) is 0 Å². The number of hydrogen-bond acceptors (Lipinski definition) is 5. The minimum atomic E-state index is -0.819. The highest BCUT2D eigenvalue weighted by Crippen LogP contribution is 2.23. The summed E-state index contributed by atoms with van der Waals surface area (Å²) in [6.45, 7) is 3.82. The van der Waals surface area contributed by atoms with E-state index in [1.54, 1.807) is 0 Å². The molecule has 2 N–H and O–H groups in total. The Morgan fingerprint density at radius 3 is 2.96 bits per heavy atom. The van der Waals surface area contributed by atoms with Crippen molar-refractivity contribution in [2.24, 2.45) is 7.05 Å². The van der Waals surface area contributed by atoms with Crippen LogP contribution in [0.15, 0.2) is 18.2 Å². The van der Waals surface area contributed by atoms with Crippen molar-refractivity contribution >= 4 is 22.9 Å². The number of ether oxygens (including phenoxy) is 1. The highest BCUT2D eigenvalue weighted by atomic mass is 19.1. The lowest BCUT2D eigenvalue weighted by molar-refractivity contribution is 0.0950. The average Bonchev–Trinajstić information content (AvgIpc) is 3.23. The Morgan fingerprint density at radius 2 is 2.23 bits per heavy atom. The van der Waals surface area contributed by atoms with Gasteiger partial charge < -0.3 is 24.8 Å². The van der Waals surface area contributed by atoms with Crippen LogP contribution in [0.3, 0.4) is 0 Å². The van der Waals surface area contributed by atoms with Gasteiger partial charge in [-0.05, 0) is 24.6 Å². The maximum atomic E-state index is 13.2. The van der Waals surface area contributed by atoms with E-state index in [0.717, 1.165) is 30.1 Å². The number of morpholine rings is 1. The Bertz CT molecular complexity index is 802. The van der Waals surface area contributed by atoms with Gasteiger partial charge in [0.15, 0.2) is 0 Å². The molecule has 7 nitrogen and oxygen atoms in total. The SMILES string of the molecule is Cn1c(N2CCOCC2)nc2cc(C(=O)NC[C@@H]3C[C@H](F)CN3)ccc21. The number of nitrogens with zero attached hydrogens (tertiary/aromatic N) is 3. The van der Waals surface area contributed by atoms with Crippen LogP contribution >= 0.6 is 0 Å². The summed E-state index contributed by atoms with van der Waals surface area (Å²) in [5, 5.41) is 5.95. The molecule has 0 bridgehead atoms. The van der Waals surface area contributed by atoms with Gasteiger partial charge in [0.1, 0.15) is 6.17 Å². The number of carbonyl (C=O) groups excluding carboxylic acids is 1. The number of carbonyl (C=O) groups is 1. The van der Waals surface area contributed by atoms with Gasteiger partial charge in [0.2, 0.25) is 5.95 Å². The van der Waals surface area contributed by atoms with Crippen LogP contribution in [0.25, 0.3) is 11.0 Å². The van der Waals surface area contributed by atoms with Crippen molar-refractivity contribution in [1.82, 2.24) is 20.2 Å². The van der Waals surface area contributed by atoms with Crippen LogP contribution in [-0.4, -0.2) is 67.1 Å². The van der Waals surface area contributed by atoms with Gasteiger partial charge in [-0.2, -0.15) is 0 Å². The predicted octanol–water partition coefficient (Wildman–Crippen LogP) is 0.840. The van der Waals surface area contributed by atoms with Gasteiger partial charge in [-0.1, -0.05) is 0 Å².